The van der Waals surface area contributed by atoms with E-state index in [1.165, 1.54) is 13.2 Å². The number of rotatable bonds is 3. The van der Waals surface area contributed by atoms with Gasteiger partial charge in [0.15, 0.2) is 0 Å². The molecular weight excluding hydrogens is 250 g/mol. The predicted molar refractivity (Wildman–Crippen MR) is 67.1 cm³/mol. The maximum atomic E-state index is 11.8. The van der Waals surface area contributed by atoms with Gasteiger partial charge in [0.05, 0.1) is 18.4 Å². The van der Waals surface area contributed by atoms with Gasteiger partial charge in [0.25, 0.3) is 11.5 Å². The van der Waals surface area contributed by atoms with Crippen LogP contribution in [0.4, 0.5) is 5.69 Å². The van der Waals surface area contributed by atoms with Crippen LogP contribution in [-0.2, 0) is 4.74 Å². The van der Waals surface area contributed by atoms with Crippen molar-refractivity contribution in [2.45, 2.75) is 0 Å². The Kier molecular flexibility index (Phi) is 3.46. The van der Waals surface area contributed by atoms with Gasteiger partial charge in [-0.2, -0.15) is 0 Å². The highest BCUT2D eigenvalue weighted by Crippen LogP contribution is 2.16. The SMILES string of the molecule is COC(=O)c1ccccc1NC(=O)c1cc(=O)[nH][nH]1. The molecule has 7 heteroatoms. The highest BCUT2D eigenvalue weighted by molar-refractivity contribution is 6.06. The van der Waals surface area contributed by atoms with Crippen LogP contribution >= 0.6 is 0 Å². The van der Waals surface area contributed by atoms with Gasteiger partial charge < -0.3 is 10.1 Å². The second kappa shape index (κ2) is 5.21. The van der Waals surface area contributed by atoms with E-state index >= 15 is 0 Å². The number of esters is 1. The van der Waals surface area contributed by atoms with Gasteiger partial charge >= 0.3 is 5.97 Å². The minimum absolute atomic E-state index is 0.0738. The quantitative estimate of drug-likeness (QED) is 0.709. The molecule has 19 heavy (non-hydrogen) atoms. The van der Waals surface area contributed by atoms with Crippen molar-refractivity contribution in [2.24, 2.45) is 0 Å². The molecule has 1 aromatic heterocycles. The number of methoxy groups -OCH3 is 1. The minimum Gasteiger partial charge on any atom is -0.465 e. The summed E-state index contributed by atoms with van der Waals surface area (Å²) in [5.41, 5.74) is 0.203. The molecule has 0 aliphatic heterocycles. The third-order valence-corrected chi connectivity index (χ3v) is 2.42. The molecule has 0 radical (unpaired) electrons. The first-order valence-corrected chi connectivity index (χ1v) is 5.38. The van der Waals surface area contributed by atoms with E-state index < -0.39 is 17.4 Å². The maximum Gasteiger partial charge on any atom is 0.339 e. The molecule has 0 fully saturated rings. The molecule has 0 saturated carbocycles. The molecule has 98 valence electrons. The molecule has 1 heterocycles. The van der Waals surface area contributed by atoms with Gasteiger partial charge in [-0.25, -0.2) is 4.79 Å². The van der Waals surface area contributed by atoms with Gasteiger partial charge in [0, 0.05) is 6.07 Å². The summed E-state index contributed by atoms with van der Waals surface area (Å²) in [6.07, 6.45) is 0. The van der Waals surface area contributed by atoms with Crippen LogP contribution < -0.4 is 10.9 Å². The Morgan fingerprint density at radius 3 is 2.58 bits per heavy atom. The summed E-state index contributed by atoms with van der Waals surface area (Å²) in [5.74, 6) is -1.09. The lowest BCUT2D eigenvalue weighted by Gasteiger charge is -2.08. The summed E-state index contributed by atoms with van der Waals surface area (Å²) in [6, 6.07) is 7.54. The van der Waals surface area contributed by atoms with Gasteiger partial charge in [-0.05, 0) is 12.1 Å². The van der Waals surface area contributed by atoms with Crippen LogP contribution in [-0.4, -0.2) is 29.2 Å². The van der Waals surface area contributed by atoms with E-state index in [1.807, 2.05) is 0 Å². The number of nitrogens with one attached hydrogen (secondary N) is 3. The van der Waals surface area contributed by atoms with Gasteiger partial charge in [-0.1, -0.05) is 12.1 Å². The number of amides is 1. The normalized spacial score (nSPS) is 9.95. The molecule has 1 aromatic carbocycles. The number of hydrogen-bond donors (Lipinski definition) is 3. The van der Waals surface area contributed by atoms with E-state index in [9.17, 15) is 14.4 Å². The monoisotopic (exact) mass is 261 g/mol. The van der Waals surface area contributed by atoms with Gasteiger partial charge in [0.1, 0.15) is 5.69 Å². The summed E-state index contributed by atoms with van der Waals surface area (Å²) in [7, 11) is 1.25. The van der Waals surface area contributed by atoms with Crippen LogP contribution in [0.1, 0.15) is 20.8 Å². The van der Waals surface area contributed by atoms with Crippen LogP contribution in [0.3, 0.4) is 0 Å². The smallest absolute Gasteiger partial charge is 0.339 e. The number of ether oxygens (including phenoxy) is 1. The van der Waals surface area contributed by atoms with Crippen molar-refractivity contribution in [2.75, 3.05) is 12.4 Å². The van der Waals surface area contributed by atoms with Crippen molar-refractivity contribution < 1.29 is 14.3 Å². The van der Waals surface area contributed by atoms with E-state index in [-0.39, 0.29) is 11.3 Å². The summed E-state index contributed by atoms with van der Waals surface area (Å²) >= 11 is 0. The Hall–Kier alpha value is -2.83. The molecule has 0 atom stereocenters. The summed E-state index contributed by atoms with van der Waals surface area (Å²) in [4.78, 5) is 34.3. The molecule has 1 amide bonds. The molecule has 2 aromatic rings. The lowest BCUT2D eigenvalue weighted by Crippen LogP contribution is -2.15. The van der Waals surface area contributed by atoms with Gasteiger partial charge in [-0.15, -0.1) is 0 Å². The minimum atomic E-state index is -0.557. The fraction of sp³-hybridized carbons (Fsp3) is 0.0833. The van der Waals surface area contributed by atoms with E-state index in [0.717, 1.165) is 6.07 Å². The Bertz CT molecular complexity index is 671. The number of H-pyrrole nitrogens is 2. The van der Waals surface area contributed by atoms with Crippen molar-refractivity contribution in [3.63, 3.8) is 0 Å². The van der Waals surface area contributed by atoms with Crippen LogP contribution in [0.2, 0.25) is 0 Å². The molecule has 3 N–H and O–H groups in total. The van der Waals surface area contributed by atoms with Gasteiger partial charge in [-0.3, -0.25) is 19.8 Å². The Morgan fingerprint density at radius 2 is 1.95 bits per heavy atom. The van der Waals surface area contributed by atoms with Crippen molar-refractivity contribution in [1.29, 1.82) is 0 Å². The second-order valence-electron chi connectivity index (χ2n) is 3.66. The Morgan fingerprint density at radius 1 is 1.21 bits per heavy atom. The molecule has 0 bridgehead atoms. The lowest BCUT2D eigenvalue weighted by atomic mass is 10.1. The zero-order chi connectivity index (χ0) is 13.8. The second-order valence-corrected chi connectivity index (χ2v) is 3.66. The molecule has 0 saturated heterocycles. The Balaban J connectivity index is 2.26. The van der Waals surface area contributed by atoms with E-state index in [1.54, 1.807) is 18.2 Å². The van der Waals surface area contributed by atoms with E-state index in [2.05, 4.69) is 20.3 Å². The van der Waals surface area contributed by atoms with Crippen molar-refractivity contribution in [3.05, 3.63) is 51.9 Å². The number of para-hydroxylation sites is 1. The predicted octanol–water partition coefficient (Wildman–Crippen LogP) is 0.742. The van der Waals surface area contributed by atoms with E-state index in [0.29, 0.717) is 5.69 Å². The first-order chi connectivity index (χ1) is 9.11. The standard InChI is InChI=1S/C12H11N3O4/c1-19-12(18)7-4-2-3-5-8(7)13-11(17)9-6-10(16)15-14-9/h2-6H,1H3,(H,13,17)(H2,14,15,16). The molecule has 0 aliphatic carbocycles. The molecule has 0 aliphatic rings. The van der Waals surface area contributed by atoms with Crippen molar-refractivity contribution in [1.82, 2.24) is 10.2 Å². The molecule has 0 spiro atoms. The number of aromatic nitrogens is 2. The van der Waals surface area contributed by atoms with Crippen LogP contribution in [0.5, 0.6) is 0 Å². The molecule has 2 rings (SSSR count). The summed E-state index contributed by atoms with van der Waals surface area (Å²) in [5, 5.41) is 7.20. The van der Waals surface area contributed by atoms with Crippen molar-refractivity contribution >= 4 is 17.6 Å². The van der Waals surface area contributed by atoms with Crippen molar-refractivity contribution in [3.8, 4) is 0 Å². The summed E-state index contributed by atoms with van der Waals surface area (Å²) < 4.78 is 4.61. The molecule has 0 unspecified atom stereocenters. The fourth-order valence-corrected chi connectivity index (χ4v) is 1.52. The summed E-state index contributed by atoms with van der Waals surface area (Å²) in [6.45, 7) is 0. The first kappa shape index (κ1) is 12.6. The fourth-order valence-electron chi connectivity index (χ4n) is 1.52. The number of carbonyl (C=O) groups is 2. The number of hydrogen-bond acceptors (Lipinski definition) is 4. The first-order valence-electron chi connectivity index (χ1n) is 5.38. The Labute approximate surface area is 107 Å². The van der Waals surface area contributed by atoms with Crippen LogP contribution in [0.15, 0.2) is 35.1 Å². The molecular formula is C12H11N3O4. The molecule has 7 nitrogen and oxygen atoms in total. The zero-order valence-corrected chi connectivity index (χ0v) is 10.0. The lowest BCUT2D eigenvalue weighted by molar-refractivity contribution is 0.0602. The average Bonchev–Trinajstić information content (AvgIpc) is 2.85. The van der Waals surface area contributed by atoms with Gasteiger partial charge in [0.2, 0.25) is 0 Å². The third kappa shape index (κ3) is 2.71. The number of aromatic amines is 2. The highest BCUT2D eigenvalue weighted by atomic mass is 16.5. The van der Waals surface area contributed by atoms with Crippen LogP contribution in [0.25, 0.3) is 0 Å². The highest BCUT2D eigenvalue weighted by Gasteiger charge is 2.15. The third-order valence-electron chi connectivity index (χ3n) is 2.42. The van der Waals surface area contributed by atoms with E-state index in [4.69, 9.17) is 0 Å². The topological polar surface area (TPSA) is 104 Å². The average molecular weight is 261 g/mol. The largest absolute Gasteiger partial charge is 0.465 e. The number of carbonyl (C=O) groups excluding carboxylic acids is 2. The number of benzene rings is 1. The maximum absolute atomic E-state index is 11.8. The zero-order valence-electron chi connectivity index (χ0n) is 10.0. The van der Waals surface area contributed by atoms with Crippen LogP contribution in [0, 0.1) is 0 Å². The number of anilines is 1.